The first-order valence-corrected chi connectivity index (χ1v) is 2.66. The summed E-state index contributed by atoms with van der Waals surface area (Å²) in [6.45, 7) is 5.89. The third kappa shape index (κ3) is 3.37. The van der Waals surface area contributed by atoms with Crippen LogP contribution in [0.4, 0.5) is 0 Å². The van der Waals surface area contributed by atoms with Crippen molar-refractivity contribution in [1.82, 2.24) is 5.32 Å². The Labute approximate surface area is 45.4 Å². The number of rotatable bonds is 3. The van der Waals surface area contributed by atoms with Crippen LogP contribution in [0.5, 0.6) is 0 Å². The van der Waals surface area contributed by atoms with Crippen LogP contribution in [0.3, 0.4) is 0 Å². The largest absolute Gasteiger partial charge is 0.392 e. The van der Waals surface area contributed by atoms with E-state index in [1.54, 1.807) is 0 Å². The van der Waals surface area contributed by atoms with E-state index in [0.29, 0.717) is 0 Å². The van der Waals surface area contributed by atoms with E-state index in [2.05, 4.69) is 18.8 Å². The molecule has 0 fully saturated rings. The van der Waals surface area contributed by atoms with Crippen LogP contribution in [0.25, 0.3) is 0 Å². The van der Waals surface area contributed by atoms with E-state index in [9.17, 15) is 0 Å². The van der Waals surface area contributed by atoms with Crippen molar-refractivity contribution in [3.8, 4) is 0 Å². The van der Waals surface area contributed by atoms with Gasteiger partial charge in [0.05, 0.1) is 0 Å². The number of hydrogen-bond donors (Lipinski definition) is 1. The third-order valence-corrected chi connectivity index (χ3v) is 0.905. The van der Waals surface area contributed by atoms with Gasteiger partial charge in [-0.15, -0.1) is 0 Å². The van der Waals surface area contributed by atoms with E-state index in [1.807, 2.05) is 7.05 Å². The molecule has 0 heterocycles. The van der Waals surface area contributed by atoms with E-state index in [0.717, 1.165) is 12.1 Å². The van der Waals surface area contributed by atoms with E-state index in [4.69, 9.17) is 0 Å². The molecule has 0 radical (unpaired) electrons. The Balaban J connectivity index is 3.00. The summed E-state index contributed by atoms with van der Waals surface area (Å²) in [4.78, 5) is 0. The lowest BCUT2D eigenvalue weighted by Crippen LogP contribution is -2.02. The zero-order valence-electron chi connectivity index (χ0n) is 5.12. The quantitative estimate of drug-likeness (QED) is 0.565. The molecule has 0 aliphatic carbocycles. The number of nitrogens with one attached hydrogen (secondary N) is 1. The zero-order chi connectivity index (χ0) is 5.70. The maximum absolute atomic E-state index is 3.75. The molecule has 0 amide bonds. The van der Waals surface area contributed by atoms with Gasteiger partial charge in [0.1, 0.15) is 0 Å². The summed E-state index contributed by atoms with van der Waals surface area (Å²) in [5.74, 6) is 0. The van der Waals surface area contributed by atoms with Gasteiger partial charge in [-0.05, 0) is 6.42 Å². The van der Waals surface area contributed by atoms with Crippen molar-refractivity contribution in [3.63, 3.8) is 0 Å². The highest BCUT2D eigenvalue weighted by molar-refractivity contribution is 4.87. The Morgan fingerprint density at radius 2 is 2.29 bits per heavy atom. The second-order valence-electron chi connectivity index (χ2n) is 1.60. The molecule has 7 heavy (non-hydrogen) atoms. The van der Waals surface area contributed by atoms with Crippen molar-refractivity contribution in [1.29, 1.82) is 0 Å². The van der Waals surface area contributed by atoms with E-state index >= 15 is 0 Å². The molecule has 0 aliphatic rings. The first kappa shape index (κ1) is 6.54. The molecule has 0 aromatic carbocycles. The monoisotopic (exact) mass is 99.1 g/mol. The van der Waals surface area contributed by atoms with Gasteiger partial charge in [-0.25, -0.2) is 0 Å². The molecule has 0 aromatic rings. The average molecular weight is 99.2 g/mol. The molecule has 1 nitrogen and oxygen atoms in total. The fraction of sp³-hybridized carbons (Fsp3) is 0.667. The molecule has 0 rings (SSSR count). The number of hydrogen-bond acceptors (Lipinski definition) is 1. The second-order valence-corrected chi connectivity index (χ2v) is 1.60. The summed E-state index contributed by atoms with van der Waals surface area (Å²) in [6, 6.07) is 0. The highest BCUT2D eigenvalue weighted by Gasteiger charge is 1.81. The van der Waals surface area contributed by atoms with Crippen LogP contribution in [-0.4, -0.2) is 7.05 Å². The Morgan fingerprint density at radius 3 is 2.43 bits per heavy atom. The molecular formula is C6H13N. The molecule has 0 aromatic heterocycles. The van der Waals surface area contributed by atoms with Crippen LogP contribution in [0, 0.1) is 0 Å². The second kappa shape index (κ2) is 3.72. The summed E-state index contributed by atoms with van der Waals surface area (Å²) in [5.41, 5.74) is 1.13. The maximum atomic E-state index is 3.75. The van der Waals surface area contributed by atoms with E-state index in [-0.39, 0.29) is 0 Å². The first-order valence-electron chi connectivity index (χ1n) is 2.66. The summed E-state index contributed by atoms with van der Waals surface area (Å²) in [6.07, 6.45) is 2.27. The maximum Gasteiger partial charge on any atom is 0.00309 e. The van der Waals surface area contributed by atoms with E-state index < -0.39 is 0 Å². The van der Waals surface area contributed by atoms with E-state index in [1.165, 1.54) is 6.42 Å². The zero-order valence-corrected chi connectivity index (χ0v) is 5.12. The van der Waals surface area contributed by atoms with Crippen LogP contribution in [0.2, 0.25) is 0 Å². The molecule has 0 saturated carbocycles. The molecule has 1 heteroatoms. The van der Waals surface area contributed by atoms with Gasteiger partial charge in [0.25, 0.3) is 0 Å². The minimum absolute atomic E-state index is 1.09. The van der Waals surface area contributed by atoms with Gasteiger partial charge in [0, 0.05) is 12.7 Å². The van der Waals surface area contributed by atoms with Crippen molar-refractivity contribution >= 4 is 0 Å². The lowest BCUT2D eigenvalue weighted by molar-refractivity contribution is 0.821. The predicted octanol–water partition coefficient (Wildman–Crippen LogP) is 1.52. The molecule has 0 saturated heterocycles. The minimum Gasteiger partial charge on any atom is -0.392 e. The van der Waals surface area contributed by atoms with Gasteiger partial charge in [-0.3, -0.25) is 0 Å². The minimum atomic E-state index is 1.09. The normalized spacial score (nSPS) is 8.29. The van der Waals surface area contributed by atoms with Crippen molar-refractivity contribution in [2.75, 3.05) is 7.05 Å². The predicted molar refractivity (Wildman–Crippen MR) is 33.1 cm³/mol. The third-order valence-electron chi connectivity index (χ3n) is 0.905. The Morgan fingerprint density at radius 1 is 1.71 bits per heavy atom. The average Bonchev–Trinajstić information content (AvgIpc) is 1.68. The van der Waals surface area contributed by atoms with Crippen LogP contribution in [0.1, 0.15) is 19.8 Å². The van der Waals surface area contributed by atoms with Crippen LogP contribution < -0.4 is 5.32 Å². The van der Waals surface area contributed by atoms with Gasteiger partial charge in [0.15, 0.2) is 0 Å². The lowest BCUT2D eigenvalue weighted by Gasteiger charge is -1.98. The van der Waals surface area contributed by atoms with Crippen LogP contribution in [-0.2, 0) is 0 Å². The van der Waals surface area contributed by atoms with Crippen molar-refractivity contribution in [2.24, 2.45) is 0 Å². The van der Waals surface area contributed by atoms with Gasteiger partial charge in [0.2, 0.25) is 0 Å². The molecule has 42 valence electrons. The first-order chi connectivity index (χ1) is 3.31. The topological polar surface area (TPSA) is 12.0 Å². The molecule has 1 N–H and O–H groups in total. The number of allylic oxidation sites excluding steroid dienone is 1. The highest BCUT2D eigenvalue weighted by atomic mass is 14.8. The molecule has 0 spiro atoms. The van der Waals surface area contributed by atoms with Crippen molar-refractivity contribution < 1.29 is 0 Å². The molecule has 0 bridgehead atoms. The fourth-order valence-electron chi connectivity index (χ4n) is 0.427. The summed E-state index contributed by atoms with van der Waals surface area (Å²) in [5, 5.41) is 2.97. The van der Waals surface area contributed by atoms with Gasteiger partial charge < -0.3 is 5.32 Å². The van der Waals surface area contributed by atoms with Gasteiger partial charge >= 0.3 is 0 Å². The van der Waals surface area contributed by atoms with Crippen LogP contribution >= 0.6 is 0 Å². The smallest absolute Gasteiger partial charge is 0.00309 e. The van der Waals surface area contributed by atoms with Crippen molar-refractivity contribution in [3.05, 3.63) is 12.3 Å². The summed E-state index contributed by atoms with van der Waals surface area (Å²) < 4.78 is 0. The van der Waals surface area contributed by atoms with Crippen molar-refractivity contribution in [2.45, 2.75) is 19.8 Å². The standard InChI is InChI=1S/C6H13N/c1-4-5-6(2)7-3/h7H,2,4-5H2,1,3H3. The fourth-order valence-corrected chi connectivity index (χ4v) is 0.427. The molecule has 0 aliphatic heterocycles. The lowest BCUT2D eigenvalue weighted by atomic mass is 10.3. The van der Waals surface area contributed by atoms with Gasteiger partial charge in [-0.2, -0.15) is 0 Å². The molecular weight excluding hydrogens is 86.1 g/mol. The summed E-state index contributed by atoms with van der Waals surface area (Å²) >= 11 is 0. The van der Waals surface area contributed by atoms with Gasteiger partial charge in [-0.1, -0.05) is 19.9 Å². The SMILES string of the molecule is C=C(CCC)NC. The Hall–Kier alpha value is -0.460. The molecule has 0 unspecified atom stereocenters. The highest BCUT2D eigenvalue weighted by Crippen LogP contribution is 1.93. The Bertz CT molecular complexity index is 57.2. The summed E-state index contributed by atoms with van der Waals surface area (Å²) in [7, 11) is 1.90. The molecule has 0 atom stereocenters. The Kier molecular flexibility index (Phi) is 3.48. The van der Waals surface area contributed by atoms with Crippen LogP contribution in [0.15, 0.2) is 12.3 Å².